The normalized spacial score (nSPS) is 15.0. The fraction of sp³-hybridized carbons (Fsp3) is 0.459. The van der Waals surface area contributed by atoms with Gasteiger partial charge in [0.05, 0.1) is 31.0 Å². The molecule has 1 aromatic heterocycles. The number of carbonyl (C=O) groups is 3. The number of ether oxygens (including phenoxy) is 1. The quantitative estimate of drug-likeness (QED) is 0.185. The van der Waals surface area contributed by atoms with Gasteiger partial charge in [0, 0.05) is 17.8 Å². The molecule has 5 atom stereocenters. The molecule has 10 nitrogen and oxygen atoms in total. The summed E-state index contributed by atoms with van der Waals surface area (Å²) < 4.78 is 4.78. The number of nitrogens with zero attached hydrogens (tertiary/aromatic N) is 1. The van der Waals surface area contributed by atoms with E-state index in [2.05, 4.69) is 20.9 Å². The number of carbonyl (C=O) groups excluding carboxylic acids is 3. The zero-order chi connectivity index (χ0) is 34.8. The number of nitrogens with one attached hydrogen (secondary N) is 3. The predicted octanol–water partition coefficient (Wildman–Crippen LogP) is 4.40. The van der Waals surface area contributed by atoms with Crippen LogP contribution in [0.15, 0.2) is 79.0 Å². The van der Waals surface area contributed by atoms with Crippen LogP contribution in [-0.2, 0) is 27.2 Å². The monoisotopic (exact) mass is 645 g/mol. The summed E-state index contributed by atoms with van der Waals surface area (Å²) in [6.07, 6.45) is 0.828. The lowest BCUT2D eigenvalue weighted by molar-refractivity contribution is -0.127. The molecule has 0 saturated carbocycles. The van der Waals surface area contributed by atoms with E-state index < -0.39 is 53.1 Å². The first kappa shape index (κ1) is 37.2. The molecule has 10 heteroatoms. The summed E-state index contributed by atoms with van der Waals surface area (Å²) in [6.45, 7) is 11.2. The summed E-state index contributed by atoms with van der Waals surface area (Å²) in [6, 6.07) is 20.2. The van der Waals surface area contributed by atoms with Crippen LogP contribution >= 0.6 is 0 Å². The molecule has 5 unspecified atom stereocenters. The van der Waals surface area contributed by atoms with E-state index in [9.17, 15) is 19.5 Å². The van der Waals surface area contributed by atoms with Gasteiger partial charge in [-0.2, -0.15) is 0 Å². The number of hydrogen-bond acceptors (Lipinski definition) is 7. The van der Waals surface area contributed by atoms with Crippen molar-refractivity contribution in [2.75, 3.05) is 7.11 Å². The van der Waals surface area contributed by atoms with Gasteiger partial charge in [0.15, 0.2) is 0 Å². The number of methoxy groups -OCH3 is 1. The van der Waals surface area contributed by atoms with Crippen molar-refractivity contribution in [3.05, 3.63) is 90.1 Å². The second-order valence-corrected chi connectivity index (χ2v) is 14.2. The molecule has 0 saturated heterocycles. The average Bonchev–Trinajstić information content (AvgIpc) is 3.02. The fourth-order valence-corrected chi connectivity index (χ4v) is 5.23. The van der Waals surface area contributed by atoms with Crippen LogP contribution in [0.2, 0.25) is 0 Å². The van der Waals surface area contributed by atoms with Crippen molar-refractivity contribution < 1.29 is 24.2 Å². The molecule has 6 N–H and O–H groups in total. The lowest BCUT2D eigenvalue weighted by Gasteiger charge is -2.34. The molecule has 47 heavy (non-hydrogen) atoms. The van der Waals surface area contributed by atoms with Gasteiger partial charge in [-0.1, -0.05) is 102 Å². The first-order valence-corrected chi connectivity index (χ1v) is 16.0. The highest BCUT2D eigenvalue weighted by Crippen LogP contribution is 2.23. The fourth-order valence-electron chi connectivity index (χ4n) is 5.23. The highest BCUT2D eigenvalue weighted by Gasteiger charge is 2.36. The number of aromatic nitrogens is 1. The number of amides is 3. The highest BCUT2D eigenvalue weighted by molar-refractivity contribution is 5.86. The number of benzene rings is 2. The van der Waals surface area contributed by atoms with Gasteiger partial charge in [0.2, 0.25) is 11.8 Å². The third kappa shape index (κ3) is 11.5. The van der Waals surface area contributed by atoms with E-state index in [1.165, 1.54) is 7.11 Å². The van der Waals surface area contributed by atoms with Crippen LogP contribution in [0.1, 0.15) is 59.1 Å². The van der Waals surface area contributed by atoms with E-state index in [4.69, 9.17) is 10.5 Å². The number of rotatable bonds is 13. The van der Waals surface area contributed by atoms with E-state index in [0.717, 1.165) is 22.4 Å². The Morgan fingerprint density at radius 1 is 0.787 bits per heavy atom. The number of aliphatic hydroxyl groups is 1. The molecule has 3 rings (SSSR count). The molecule has 2 aromatic carbocycles. The Kier molecular flexibility index (Phi) is 13.1. The van der Waals surface area contributed by atoms with Crippen LogP contribution in [0.4, 0.5) is 4.79 Å². The van der Waals surface area contributed by atoms with Gasteiger partial charge in [-0.05, 0) is 53.4 Å². The summed E-state index contributed by atoms with van der Waals surface area (Å²) in [5.41, 5.74) is 8.81. The van der Waals surface area contributed by atoms with Crippen molar-refractivity contribution >= 4 is 17.9 Å². The average molecular weight is 646 g/mol. The number of hydrogen-bond donors (Lipinski definition) is 5. The Bertz CT molecular complexity index is 1440. The molecular weight excluding hydrogens is 594 g/mol. The zero-order valence-electron chi connectivity index (χ0n) is 28.6. The van der Waals surface area contributed by atoms with E-state index in [0.29, 0.717) is 12.8 Å². The molecule has 0 aliphatic heterocycles. The van der Waals surface area contributed by atoms with Crippen molar-refractivity contribution in [1.29, 1.82) is 0 Å². The minimum Gasteiger partial charge on any atom is -0.453 e. The minimum atomic E-state index is -1.05. The van der Waals surface area contributed by atoms with Crippen LogP contribution < -0.4 is 21.7 Å². The van der Waals surface area contributed by atoms with Crippen molar-refractivity contribution in [3.8, 4) is 11.3 Å². The molecule has 0 fully saturated rings. The van der Waals surface area contributed by atoms with E-state index >= 15 is 0 Å². The molecule has 0 radical (unpaired) electrons. The number of aliphatic hydroxyl groups excluding tert-OH is 1. The third-order valence-electron chi connectivity index (χ3n) is 8.15. The number of nitrogens with two attached hydrogens (primary N) is 1. The van der Waals surface area contributed by atoms with Crippen LogP contribution in [0.25, 0.3) is 11.3 Å². The molecule has 3 aromatic rings. The molecule has 1 heterocycles. The summed E-state index contributed by atoms with van der Waals surface area (Å²) in [5, 5.41) is 20.5. The molecule has 0 aliphatic carbocycles. The number of pyridine rings is 1. The standard InChI is InChI=1S/C37H51N5O5/c1-36(2,3)31(38)33(44)41-29(22-24-13-9-8-10-14-24)30(43)23-27(40-34(45)32(37(4,5)6)42-35(46)47-7)21-25-16-18-26(19-17-25)28-15-11-12-20-39-28/h8-20,27,29-32,43H,21-23,38H2,1-7H3,(H,40,45)(H,41,44)(H,42,46). The summed E-state index contributed by atoms with van der Waals surface area (Å²) in [4.78, 5) is 43.6. The van der Waals surface area contributed by atoms with Crippen LogP contribution in [0, 0.1) is 10.8 Å². The van der Waals surface area contributed by atoms with Crippen LogP contribution in [-0.4, -0.2) is 65.4 Å². The van der Waals surface area contributed by atoms with Crippen LogP contribution in [0.5, 0.6) is 0 Å². The van der Waals surface area contributed by atoms with Crippen molar-refractivity contribution in [2.45, 2.75) is 91.1 Å². The zero-order valence-corrected chi connectivity index (χ0v) is 28.6. The number of alkyl carbamates (subject to hydrolysis) is 1. The molecular formula is C37H51N5O5. The van der Waals surface area contributed by atoms with E-state index in [1.54, 1.807) is 6.20 Å². The van der Waals surface area contributed by atoms with Gasteiger partial charge < -0.3 is 31.5 Å². The Hall–Kier alpha value is -4.28. The van der Waals surface area contributed by atoms with Gasteiger partial charge in [-0.15, -0.1) is 0 Å². The second-order valence-electron chi connectivity index (χ2n) is 14.2. The largest absolute Gasteiger partial charge is 0.453 e. The molecule has 254 valence electrons. The molecule has 0 bridgehead atoms. The first-order valence-electron chi connectivity index (χ1n) is 16.0. The maximum atomic E-state index is 13.7. The topological polar surface area (TPSA) is 156 Å². The Morgan fingerprint density at radius 2 is 1.40 bits per heavy atom. The molecule has 0 spiro atoms. The van der Waals surface area contributed by atoms with Gasteiger partial charge in [0.25, 0.3) is 0 Å². The summed E-state index contributed by atoms with van der Waals surface area (Å²) in [7, 11) is 1.24. The van der Waals surface area contributed by atoms with Crippen molar-refractivity contribution in [1.82, 2.24) is 20.9 Å². The van der Waals surface area contributed by atoms with Crippen molar-refractivity contribution in [2.24, 2.45) is 16.6 Å². The molecule has 0 aliphatic rings. The van der Waals surface area contributed by atoms with Gasteiger partial charge >= 0.3 is 6.09 Å². The Morgan fingerprint density at radius 3 is 1.96 bits per heavy atom. The summed E-state index contributed by atoms with van der Waals surface area (Å²) in [5.74, 6) is -0.776. The van der Waals surface area contributed by atoms with E-state index in [1.807, 2.05) is 114 Å². The van der Waals surface area contributed by atoms with Crippen LogP contribution in [0.3, 0.4) is 0 Å². The summed E-state index contributed by atoms with van der Waals surface area (Å²) >= 11 is 0. The maximum absolute atomic E-state index is 13.7. The lowest BCUT2D eigenvalue weighted by Crippen LogP contribution is -2.57. The van der Waals surface area contributed by atoms with Gasteiger partial charge in [0.1, 0.15) is 6.04 Å². The van der Waals surface area contributed by atoms with Gasteiger partial charge in [-0.3, -0.25) is 14.6 Å². The Labute approximate surface area is 278 Å². The predicted molar refractivity (Wildman–Crippen MR) is 184 cm³/mol. The third-order valence-corrected chi connectivity index (χ3v) is 8.15. The van der Waals surface area contributed by atoms with Crippen molar-refractivity contribution in [3.63, 3.8) is 0 Å². The molecule has 3 amide bonds. The maximum Gasteiger partial charge on any atom is 0.407 e. The minimum absolute atomic E-state index is 0.116. The highest BCUT2D eigenvalue weighted by atomic mass is 16.5. The smallest absolute Gasteiger partial charge is 0.407 e. The lowest BCUT2D eigenvalue weighted by atomic mass is 9.85. The first-order chi connectivity index (χ1) is 22.1. The van der Waals surface area contributed by atoms with E-state index in [-0.39, 0.29) is 12.3 Å². The SMILES string of the molecule is COC(=O)NC(C(=O)NC(Cc1ccc(-c2ccccn2)cc1)CC(O)C(Cc1ccccc1)NC(=O)C(N)C(C)(C)C)C(C)(C)C. The van der Waals surface area contributed by atoms with Gasteiger partial charge in [-0.25, -0.2) is 4.79 Å². The Balaban J connectivity index is 1.91. The second kappa shape index (κ2) is 16.5.